The molecule has 0 saturated carbocycles. The Labute approximate surface area is 87.7 Å². The zero-order valence-corrected chi connectivity index (χ0v) is 9.34. The minimum Gasteiger partial charge on any atom is -0.316 e. The summed E-state index contributed by atoms with van der Waals surface area (Å²) in [6, 6.07) is 8.65. The van der Waals surface area contributed by atoms with E-state index in [1.165, 1.54) is 10.0 Å². The highest BCUT2D eigenvalue weighted by atomic mass is 79.9. The Kier molecular flexibility index (Phi) is 2.70. The number of halogens is 1. The van der Waals surface area contributed by atoms with Gasteiger partial charge in [-0.2, -0.15) is 0 Å². The van der Waals surface area contributed by atoms with Crippen LogP contribution in [0.4, 0.5) is 0 Å². The maximum absolute atomic E-state index is 3.51. The van der Waals surface area contributed by atoms with Crippen LogP contribution in [0.25, 0.3) is 0 Å². The second kappa shape index (κ2) is 3.81. The molecule has 1 aliphatic heterocycles. The van der Waals surface area contributed by atoms with Gasteiger partial charge in [-0.1, -0.05) is 35.0 Å². The fourth-order valence-corrected chi connectivity index (χ4v) is 2.41. The average Bonchev–Trinajstić information content (AvgIpc) is 2.51. The molecule has 2 rings (SSSR count). The van der Waals surface area contributed by atoms with Gasteiger partial charge in [0.1, 0.15) is 0 Å². The first kappa shape index (κ1) is 9.22. The van der Waals surface area contributed by atoms with Crippen molar-refractivity contribution >= 4 is 15.9 Å². The van der Waals surface area contributed by atoms with Crippen LogP contribution >= 0.6 is 15.9 Å². The summed E-state index contributed by atoms with van der Waals surface area (Å²) >= 11 is 3.51. The van der Waals surface area contributed by atoms with Gasteiger partial charge in [-0.3, -0.25) is 0 Å². The summed E-state index contributed by atoms with van der Waals surface area (Å²) in [6.45, 7) is 4.58. The zero-order valence-electron chi connectivity index (χ0n) is 7.76. The molecule has 2 atom stereocenters. The Morgan fingerprint density at radius 2 is 2.23 bits per heavy atom. The van der Waals surface area contributed by atoms with Gasteiger partial charge in [0.25, 0.3) is 0 Å². The van der Waals surface area contributed by atoms with Gasteiger partial charge in [-0.25, -0.2) is 0 Å². The molecule has 70 valence electrons. The van der Waals surface area contributed by atoms with Crippen molar-refractivity contribution in [1.29, 1.82) is 0 Å². The van der Waals surface area contributed by atoms with E-state index in [2.05, 4.69) is 52.4 Å². The van der Waals surface area contributed by atoms with Gasteiger partial charge in [-0.15, -0.1) is 0 Å². The van der Waals surface area contributed by atoms with Crippen molar-refractivity contribution in [2.45, 2.75) is 12.8 Å². The summed E-state index contributed by atoms with van der Waals surface area (Å²) in [4.78, 5) is 0. The van der Waals surface area contributed by atoms with Crippen LogP contribution in [0, 0.1) is 5.92 Å². The lowest BCUT2D eigenvalue weighted by atomic mass is 9.90. The molecule has 0 amide bonds. The second-order valence-corrected chi connectivity index (χ2v) is 4.71. The van der Waals surface area contributed by atoms with Gasteiger partial charge in [0, 0.05) is 16.9 Å². The normalized spacial score (nSPS) is 27.8. The highest BCUT2D eigenvalue weighted by Crippen LogP contribution is 2.28. The van der Waals surface area contributed by atoms with Gasteiger partial charge >= 0.3 is 0 Å². The monoisotopic (exact) mass is 239 g/mol. The number of nitrogens with one attached hydrogen (secondary N) is 1. The van der Waals surface area contributed by atoms with E-state index in [-0.39, 0.29) is 0 Å². The first-order valence-electron chi connectivity index (χ1n) is 4.73. The molecule has 1 heterocycles. The lowest BCUT2D eigenvalue weighted by Crippen LogP contribution is -2.07. The predicted octanol–water partition coefficient (Wildman–Crippen LogP) is 2.77. The van der Waals surface area contributed by atoms with Crippen molar-refractivity contribution in [2.75, 3.05) is 13.1 Å². The summed E-state index contributed by atoms with van der Waals surface area (Å²) in [5.41, 5.74) is 1.45. The van der Waals surface area contributed by atoms with Gasteiger partial charge in [0.15, 0.2) is 0 Å². The molecule has 1 aromatic rings. The standard InChI is InChI=1S/C11H14BrN/c1-8-6-13-7-11(8)9-3-2-4-10(12)5-9/h2-5,8,11,13H,6-7H2,1H3. The summed E-state index contributed by atoms with van der Waals surface area (Å²) in [5, 5.41) is 3.42. The van der Waals surface area contributed by atoms with Crippen molar-refractivity contribution in [3.05, 3.63) is 34.3 Å². The Hall–Kier alpha value is -0.340. The third-order valence-corrected chi connectivity index (χ3v) is 3.29. The molecule has 1 aromatic carbocycles. The van der Waals surface area contributed by atoms with Crippen molar-refractivity contribution < 1.29 is 0 Å². The van der Waals surface area contributed by atoms with Gasteiger partial charge in [-0.05, 0) is 30.2 Å². The van der Waals surface area contributed by atoms with Gasteiger partial charge in [0.2, 0.25) is 0 Å². The van der Waals surface area contributed by atoms with Crippen LogP contribution < -0.4 is 5.32 Å². The van der Waals surface area contributed by atoms with E-state index in [1.54, 1.807) is 0 Å². The Morgan fingerprint density at radius 3 is 2.85 bits per heavy atom. The fraction of sp³-hybridized carbons (Fsp3) is 0.455. The fourth-order valence-electron chi connectivity index (χ4n) is 1.99. The molecular formula is C11H14BrN. The molecular weight excluding hydrogens is 226 g/mol. The third kappa shape index (κ3) is 1.94. The van der Waals surface area contributed by atoms with Gasteiger partial charge in [0.05, 0.1) is 0 Å². The molecule has 2 heteroatoms. The quantitative estimate of drug-likeness (QED) is 0.795. The van der Waals surface area contributed by atoms with Crippen molar-refractivity contribution in [3.63, 3.8) is 0 Å². The van der Waals surface area contributed by atoms with Crippen LogP contribution in [-0.2, 0) is 0 Å². The number of benzene rings is 1. The molecule has 0 aliphatic carbocycles. The topological polar surface area (TPSA) is 12.0 Å². The predicted molar refractivity (Wildman–Crippen MR) is 58.9 cm³/mol. The van der Waals surface area contributed by atoms with Crippen molar-refractivity contribution in [2.24, 2.45) is 5.92 Å². The van der Waals surface area contributed by atoms with E-state index < -0.39 is 0 Å². The van der Waals surface area contributed by atoms with E-state index >= 15 is 0 Å². The average molecular weight is 240 g/mol. The molecule has 1 aliphatic rings. The molecule has 0 bridgehead atoms. The molecule has 0 spiro atoms. The highest BCUT2D eigenvalue weighted by Gasteiger charge is 2.24. The zero-order chi connectivity index (χ0) is 9.26. The van der Waals surface area contributed by atoms with E-state index in [4.69, 9.17) is 0 Å². The van der Waals surface area contributed by atoms with E-state index in [9.17, 15) is 0 Å². The van der Waals surface area contributed by atoms with Crippen LogP contribution in [-0.4, -0.2) is 13.1 Å². The first-order chi connectivity index (χ1) is 6.27. The first-order valence-corrected chi connectivity index (χ1v) is 5.53. The lowest BCUT2D eigenvalue weighted by molar-refractivity contribution is 0.572. The minimum absolute atomic E-state index is 0.692. The van der Waals surface area contributed by atoms with Gasteiger partial charge < -0.3 is 5.32 Å². The highest BCUT2D eigenvalue weighted by molar-refractivity contribution is 9.10. The van der Waals surface area contributed by atoms with E-state index in [1.807, 2.05) is 0 Å². The van der Waals surface area contributed by atoms with Crippen molar-refractivity contribution in [3.8, 4) is 0 Å². The third-order valence-electron chi connectivity index (χ3n) is 2.79. The molecule has 13 heavy (non-hydrogen) atoms. The van der Waals surface area contributed by atoms with Crippen LogP contribution in [0.2, 0.25) is 0 Å². The Bertz CT molecular complexity index is 298. The van der Waals surface area contributed by atoms with Crippen LogP contribution in [0.5, 0.6) is 0 Å². The molecule has 0 aromatic heterocycles. The molecule has 2 unspecified atom stereocenters. The van der Waals surface area contributed by atoms with E-state index in [0.717, 1.165) is 19.0 Å². The summed E-state index contributed by atoms with van der Waals surface area (Å²) in [6.07, 6.45) is 0. The van der Waals surface area contributed by atoms with Crippen LogP contribution in [0.1, 0.15) is 18.4 Å². The number of hydrogen-bond acceptors (Lipinski definition) is 1. The molecule has 0 radical (unpaired) electrons. The molecule has 1 saturated heterocycles. The van der Waals surface area contributed by atoms with Crippen LogP contribution in [0.15, 0.2) is 28.7 Å². The van der Waals surface area contributed by atoms with Crippen molar-refractivity contribution in [1.82, 2.24) is 5.32 Å². The minimum atomic E-state index is 0.692. The number of rotatable bonds is 1. The second-order valence-electron chi connectivity index (χ2n) is 3.80. The maximum atomic E-state index is 3.51. The summed E-state index contributed by atoms with van der Waals surface area (Å²) in [7, 11) is 0. The summed E-state index contributed by atoms with van der Waals surface area (Å²) < 4.78 is 1.18. The molecule has 1 fully saturated rings. The smallest absolute Gasteiger partial charge is 0.0178 e. The number of hydrogen-bond donors (Lipinski definition) is 1. The summed E-state index contributed by atoms with van der Waals surface area (Å²) in [5.74, 6) is 1.45. The maximum Gasteiger partial charge on any atom is 0.0178 e. The lowest BCUT2D eigenvalue weighted by Gasteiger charge is -2.14. The molecule has 1 N–H and O–H groups in total. The molecule has 1 nitrogen and oxygen atoms in total. The Morgan fingerprint density at radius 1 is 1.38 bits per heavy atom. The Balaban J connectivity index is 2.24. The largest absolute Gasteiger partial charge is 0.316 e. The van der Waals surface area contributed by atoms with Crippen LogP contribution in [0.3, 0.4) is 0 Å². The van der Waals surface area contributed by atoms with E-state index in [0.29, 0.717) is 5.92 Å². The SMILES string of the molecule is CC1CNCC1c1cccc(Br)c1.